The molecule has 1 unspecified atom stereocenters. The minimum absolute atomic E-state index is 0.0241. The molecule has 0 aromatic heterocycles. The molecule has 1 aromatic carbocycles. The predicted molar refractivity (Wildman–Crippen MR) is 76.6 cm³/mol. The first-order valence-corrected chi connectivity index (χ1v) is 6.28. The standard InChI is InChI=1S/C15H16ClNO/c1-3-10-18-13-6-4-12(5-7-13)15-9-8-14(16)11(2)17-15/h3-7,9,14,17H,1-2,8,10H2. The highest BCUT2D eigenvalue weighted by atomic mass is 35.5. The Bertz CT molecular complexity index is 476. The minimum atomic E-state index is -0.0241. The fourth-order valence-corrected chi connectivity index (χ4v) is 1.89. The molecule has 0 aliphatic carbocycles. The number of hydrogen-bond acceptors (Lipinski definition) is 2. The van der Waals surface area contributed by atoms with Crippen LogP contribution in [0.1, 0.15) is 12.0 Å². The molecular weight excluding hydrogens is 246 g/mol. The molecule has 18 heavy (non-hydrogen) atoms. The van der Waals surface area contributed by atoms with Gasteiger partial charge >= 0.3 is 0 Å². The molecule has 94 valence electrons. The van der Waals surface area contributed by atoms with Crippen molar-refractivity contribution in [3.63, 3.8) is 0 Å². The number of allylic oxidation sites excluding steroid dienone is 2. The Morgan fingerprint density at radius 1 is 1.39 bits per heavy atom. The summed E-state index contributed by atoms with van der Waals surface area (Å²) in [5.74, 6) is 0.837. The van der Waals surface area contributed by atoms with Crippen LogP contribution in [0.2, 0.25) is 0 Å². The van der Waals surface area contributed by atoms with Crippen molar-refractivity contribution in [1.82, 2.24) is 5.32 Å². The molecule has 0 radical (unpaired) electrons. The topological polar surface area (TPSA) is 21.3 Å². The Balaban J connectivity index is 2.10. The van der Waals surface area contributed by atoms with Crippen molar-refractivity contribution < 1.29 is 4.74 Å². The normalized spacial score (nSPS) is 18.8. The zero-order chi connectivity index (χ0) is 13.0. The van der Waals surface area contributed by atoms with E-state index in [4.69, 9.17) is 16.3 Å². The quantitative estimate of drug-likeness (QED) is 0.659. The van der Waals surface area contributed by atoms with Gasteiger partial charge in [-0.1, -0.05) is 25.3 Å². The minimum Gasteiger partial charge on any atom is -0.490 e. The lowest BCUT2D eigenvalue weighted by molar-refractivity contribution is 0.363. The van der Waals surface area contributed by atoms with Crippen molar-refractivity contribution in [2.24, 2.45) is 0 Å². The van der Waals surface area contributed by atoms with Crippen LogP contribution in [-0.4, -0.2) is 12.0 Å². The summed E-state index contributed by atoms with van der Waals surface area (Å²) in [6.07, 6.45) is 4.62. The largest absolute Gasteiger partial charge is 0.490 e. The second-order valence-corrected chi connectivity index (χ2v) is 4.62. The molecule has 1 aliphatic rings. The second kappa shape index (κ2) is 5.78. The van der Waals surface area contributed by atoms with Gasteiger partial charge in [0.2, 0.25) is 0 Å². The maximum Gasteiger partial charge on any atom is 0.119 e. The number of ether oxygens (including phenoxy) is 1. The van der Waals surface area contributed by atoms with E-state index >= 15 is 0 Å². The number of benzene rings is 1. The molecule has 2 rings (SSSR count). The number of rotatable bonds is 4. The van der Waals surface area contributed by atoms with E-state index in [2.05, 4.69) is 24.6 Å². The van der Waals surface area contributed by atoms with Crippen molar-refractivity contribution in [3.05, 3.63) is 60.8 Å². The molecule has 0 saturated carbocycles. The molecule has 1 aliphatic heterocycles. The number of hydrogen-bond donors (Lipinski definition) is 1. The van der Waals surface area contributed by atoms with E-state index in [1.54, 1.807) is 6.08 Å². The van der Waals surface area contributed by atoms with Crippen molar-refractivity contribution in [3.8, 4) is 5.75 Å². The van der Waals surface area contributed by atoms with Gasteiger partial charge in [-0.3, -0.25) is 0 Å². The van der Waals surface area contributed by atoms with E-state index in [1.165, 1.54) is 0 Å². The van der Waals surface area contributed by atoms with Crippen LogP contribution in [0.25, 0.3) is 5.70 Å². The lowest BCUT2D eigenvalue weighted by Crippen LogP contribution is -2.22. The molecule has 2 nitrogen and oxygen atoms in total. The van der Waals surface area contributed by atoms with Gasteiger partial charge in [0, 0.05) is 11.4 Å². The first-order chi connectivity index (χ1) is 8.70. The maximum absolute atomic E-state index is 6.07. The molecular formula is C15H16ClNO. The summed E-state index contributed by atoms with van der Waals surface area (Å²) in [7, 11) is 0. The molecule has 0 fully saturated rings. The van der Waals surface area contributed by atoms with Crippen LogP contribution < -0.4 is 10.1 Å². The van der Waals surface area contributed by atoms with E-state index < -0.39 is 0 Å². The van der Waals surface area contributed by atoms with E-state index in [0.717, 1.165) is 29.1 Å². The van der Waals surface area contributed by atoms with Crippen molar-refractivity contribution in [1.29, 1.82) is 0 Å². The molecule has 1 heterocycles. The Labute approximate surface area is 113 Å². The average Bonchev–Trinajstić information content (AvgIpc) is 2.40. The van der Waals surface area contributed by atoms with Crippen LogP contribution in [0, 0.1) is 0 Å². The smallest absolute Gasteiger partial charge is 0.119 e. The van der Waals surface area contributed by atoms with E-state index in [0.29, 0.717) is 6.61 Å². The molecule has 0 saturated heterocycles. The molecule has 1 atom stereocenters. The number of halogens is 1. The van der Waals surface area contributed by atoms with Crippen LogP contribution >= 0.6 is 11.6 Å². The van der Waals surface area contributed by atoms with Crippen molar-refractivity contribution in [2.75, 3.05) is 6.61 Å². The van der Waals surface area contributed by atoms with Gasteiger partial charge in [0.25, 0.3) is 0 Å². The highest BCUT2D eigenvalue weighted by Gasteiger charge is 2.15. The monoisotopic (exact) mass is 261 g/mol. The molecule has 1 aromatic rings. The van der Waals surface area contributed by atoms with E-state index in [-0.39, 0.29) is 5.38 Å². The summed E-state index contributed by atoms with van der Waals surface area (Å²) in [5, 5.41) is 3.20. The molecule has 1 N–H and O–H groups in total. The van der Waals surface area contributed by atoms with Gasteiger partial charge < -0.3 is 10.1 Å². The fraction of sp³-hybridized carbons (Fsp3) is 0.200. The first kappa shape index (κ1) is 12.8. The summed E-state index contributed by atoms with van der Waals surface area (Å²) in [6, 6.07) is 7.91. The Morgan fingerprint density at radius 3 is 2.72 bits per heavy atom. The van der Waals surface area contributed by atoms with Gasteiger partial charge in [-0.25, -0.2) is 0 Å². The number of alkyl halides is 1. The zero-order valence-electron chi connectivity index (χ0n) is 10.2. The maximum atomic E-state index is 6.07. The van der Waals surface area contributed by atoms with Crippen molar-refractivity contribution in [2.45, 2.75) is 11.8 Å². The third-order valence-corrected chi connectivity index (χ3v) is 3.18. The Kier molecular flexibility index (Phi) is 4.11. The van der Waals surface area contributed by atoms with E-state index in [1.807, 2.05) is 24.3 Å². The Morgan fingerprint density at radius 2 is 2.11 bits per heavy atom. The average molecular weight is 262 g/mol. The molecule has 0 spiro atoms. The van der Waals surface area contributed by atoms with Crippen LogP contribution in [0.15, 0.2) is 55.3 Å². The van der Waals surface area contributed by atoms with Gasteiger partial charge in [-0.2, -0.15) is 0 Å². The van der Waals surface area contributed by atoms with Gasteiger partial charge in [0.1, 0.15) is 12.4 Å². The van der Waals surface area contributed by atoms with Gasteiger partial charge in [0.15, 0.2) is 0 Å². The van der Waals surface area contributed by atoms with Crippen molar-refractivity contribution >= 4 is 17.3 Å². The van der Waals surface area contributed by atoms with Gasteiger partial charge in [-0.15, -0.1) is 11.6 Å². The molecule has 3 heteroatoms. The SMILES string of the molecule is C=CCOc1ccc(C2=CCC(Cl)C(=C)N2)cc1. The predicted octanol–water partition coefficient (Wildman–Crippen LogP) is 3.71. The summed E-state index contributed by atoms with van der Waals surface area (Å²) in [4.78, 5) is 0. The Hall–Kier alpha value is -1.67. The van der Waals surface area contributed by atoms with Crippen LogP contribution in [0.3, 0.4) is 0 Å². The van der Waals surface area contributed by atoms with Crippen LogP contribution in [0.4, 0.5) is 0 Å². The number of nitrogens with one attached hydrogen (secondary N) is 1. The summed E-state index contributed by atoms with van der Waals surface area (Å²) in [5.41, 5.74) is 3.00. The van der Waals surface area contributed by atoms with Gasteiger partial charge in [0.05, 0.1) is 5.38 Å². The summed E-state index contributed by atoms with van der Waals surface area (Å²) < 4.78 is 5.44. The third-order valence-electron chi connectivity index (χ3n) is 2.74. The fourth-order valence-electron chi connectivity index (χ4n) is 1.74. The summed E-state index contributed by atoms with van der Waals surface area (Å²) >= 11 is 6.07. The lowest BCUT2D eigenvalue weighted by Gasteiger charge is -2.22. The summed E-state index contributed by atoms with van der Waals surface area (Å²) in [6.45, 7) is 8.04. The second-order valence-electron chi connectivity index (χ2n) is 4.10. The lowest BCUT2D eigenvalue weighted by atomic mass is 10.1. The van der Waals surface area contributed by atoms with Crippen LogP contribution in [-0.2, 0) is 0 Å². The third kappa shape index (κ3) is 2.96. The molecule has 0 bridgehead atoms. The zero-order valence-corrected chi connectivity index (χ0v) is 10.9. The van der Waals surface area contributed by atoms with E-state index in [9.17, 15) is 0 Å². The highest BCUT2D eigenvalue weighted by Crippen LogP contribution is 2.25. The van der Waals surface area contributed by atoms with Gasteiger partial charge in [-0.05, 0) is 36.2 Å². The first-order valence-electron chi connectivity index (χ1n) is 5.85. The highest BCUT2D eigenvalue weighted by molar-refractivity contribution is 6.22. The van der Waals surface area contributed by atoms with Crippen LogP contribution in [0.5, 0.6) is 5.75 Å². The molecule has 0 amide bonds.